The topological polar surface area (TPSA) is 119 Å². The minimum Gasteiger partial charge on any atom is -0.424 e. The highest BCUT2D eigenvalue weighted by Gasteiger charge is 2.18. The number of benzene rings is 2. The number of amides is 2. The first kappa shape index (κ1) is 22.9. The number of nitrogens with zero attached hydrogens (tertiary/aromatic N) is 2. The Kier molecular flexibility index (Phi) is 7.88. The fourth-order valence-corrected chi connectivity index (χ4v) is 2.95. The van der Waals surface area contributed by atoms with Crippen molar-refractivity contribution in [3.05, 3.63) is 66.7 Å². The van der Waals surface area contributed by atoms with Crippen molar-refractivity contribution >= 4 is 23.5 Å². The minimum absolute atomic E-state index is 0.0961. The van der Waals surface area contributed by atoms with Gasteiger partial charge in [0.25, 0.3) is 0 Å². The normalized spacial score (nSPS) is 12.5. The second-order valence-electron chi connectivity index (χ2n) is 7.47. The van der Waals surface area contributed by atoms with Crippen molar-refractivity contribution in [1.82, 2.24) is 10.2 Å². The molecule has 0 aliphatic heterocycles. The summed E-state index contributed by atoms with van der Waals surface area (Å²) in [5, 5.41) is 13.5. The molecule has 2 aromatic carbocycles. The number of carbonyl (C=O) groups is 2. The molecule has 166 valence electrons. The highest BCUT2D eigenvalue weighted by molar-refractivity contribution is 6.00. The fourth-order valence-electron chi connectivity index (χ4n) is 2.95. The average Bonchev–Trinajstić information content (AvgIpc) is 2.80. The molecule has 4 N–H and O–H groups in total. The molecule has 0 aliphatic rings. The van der Waals surface area contributed by atoms with Crippen molar-refractivity contribution in [3.8, 4) is 17.0 Å². The number of carbonyl (C=O) groups excluding carboxylic acids is 2. The molecule has 0 bridgehead atoms. The summed E-state index contributed by atoms with van der Waals surface area (Å²) < 4.78 is 5.44. The van der Waals surface area contributed by atoms with Crippen LogP contribution in [0.1, 0.15) is 26.7 Å². The molecule has 1 heterocycles. The van der Waals surface area contributed by atoms with Gasteiger partial charge in [0.1, 0.15) is 0 Å². The first-order chi connectivity index (χ1) is 15.5. The predicted molar refractivity (Wildman–Crippen MR) is 124 cm³/mol. The van der Waals surface area contributed by atoms with Crippen molar-refractivity contribution in [3.63, 3.8) is 0 Å². The number of anilines is 2. The van der Waals surface area contributed by atoms with Crippen LogP contribution in [0.25, 0.3) is 11.3 Å². The van der Waals surface area contributed by atoms with Crippen molar-refractivity contribution in [1.29, 1.82) is 0 Å². The van der Waals surface area contributed by atoms with Crippen molar-refractivity contribution in [2.75, 3.05) is 10.6 Å². The molecule has 0 fully saturated rings. The lowest BCUT2D eigenvalue weighted by Gasteiger charge is -2.18. The average molecular weight is 434 g/mol. The predicted octanol–water partition coefficient (Wildman–Crippen LogP) is 4.46. The van der Waals surface area contributed by atoms with E-state index in [9.17, 15) is 9.59 Å². The van der Waals surface area contributed by atoms with E-state index >= 15 is 0 Å². The smallest absolute Gasteiger partial charge is 0.325 e. The Hall–Kier alpha value is -3.78. The van der Waals surface area contributed by atoms with Crippen molar-refractivity contribution < 1.29 is 14.3 Å². The molecule has 8 nitrogen and oxygen atoms in total. The zero-order valence-electron chi connectivity index (χ0n) is 18.1. The van der Waals surface area contributed by atoms with Gasteiger partial charge < -0.3 is 15.8 Å². The second kappa shape index (κ2) is 11.0. The van der Waals surface area contributed by atoms with Crippen molar-refractivity contribution in [2.45, 2.75) is 32.7 Å². The van der Waals surface area contributed by atoms with Crippen LogP contribution in [0.15, 0.2) is 66.7 Å². The van der Waals surface area contributed by atoms with E-state index in [0.717, 1.165) is 12.0 Å². The Morgan fingerprint density at radius 1 is 0.969 bits per heavy atom. The number of hydrogen-bond acceptors (Lipinski definition) is 6. The second-order valence-corrected chi connectivity index (χ2v) is 7.47. The van der Waals surface area contributed by atoms with Gasteiger partial charge in [-0.3, -0.25) is 10.1 Å². The molecular formula is C24H27N5O3. The zero-order valence-corrected chi connectivity index (χ0v) is 18.1. The van der Waals surface area contributed by atoms with Crippen LogP contribution in [-0.4, -0.2) is 28.2 Å². The van der Waals surface area contributed by atoms with Gasteiger partial charge in [0, 0.05) is 11.6 Å². The Morgan fingerprint density at radius 2 is 1.69 bits per heavy atom. The zero-order chi connectivity index (χ0) is 22.9. The van der Waals surface area contributed by atoms with Gasteiger partial charge in [-0.1, -0.05) is 62.7 Å². The third kappa shape index (κ3) is 6.36. The molecule has 2 unspecified atom stereocenters. The van der Waals surface area contributed by atoms with Crippen LogP contribution in [0, 0.1) is 5.92 Å². The molecule has 0 aliphatic carbocycles. The molecule has 2 atom stereocenters. The lowest BCUT2D eigenvalue weighted by molar-refractivity contribution is -0.135. The number of nitrogens with two attached hydrogens (primary N) is 1. The number of nitrogens with one attached hydrogen (secondary N) is 2. The van der Waals surface area contributed by atoms with E-state index in [2.05, 4.69) is 20.8 Å². The number of para-hydroxylation sites is 2. The number of rotatable bonds is 8. The summed E-state index contributed by atoms with van der Waals surface area (Å²) in [5.74, 6) is 0.289. The van der Waals surface area contributed by atoms with Crippen LogP contribution in [0.4, 0.5) is 16.3 Å². The van der Waals surface area contributed by atoms with Crippen LogP contribution in [0.5, 0.6) is 5.75 Å². The first-order valence-electron chi connectivity index (χ1n) is 10.5. The monoisotopic (exact) mass is 433 g/mol. The van der Waals surface area contributed by atoms with Gasteiger partial charge in [0.05, 0.1) is 17.8 Å². The Bertz CT molecular complexity index is 1040. The summed E-state index contributed by atoms with van der Waals surface area (Å²) in [6, 6.07) is 18.9. The molecule has 0 radical (unpaired) electrons. The van der Waals surface area contributed by atoms with E-state index in [1.54, 1.807) is 36.4 Å². The molecular weight excluding hydrogens is 406 g/mol. The Labute approximate surface area is 187 Å². The SMILES string of the molecule is CCC(C)C(N)CC(=O)Oc1ccccc1NC(=O)Nc1ccc(-c2ccccc2)nn1. The summed E-state index contributed by atoms with van der Waals surface area (Å²) in [7, 11) is 0. The van der Waals surface area contributed by atoms with Gasteiger partial charge >= 0.3 is 12.0 Å². The van der Waals surface area contributed by atoms with Gasteiger partial charge in [-0.05, 0) is 30.2 Å². The van der Waals surface area contributed by atoms with E-state index in [4.69, 9.17) is 10.5 Å². The molecule has 3 aromatic rings. The summed E-state index contributed by atoms with van der Waals surface area (Å²) in [5.41, 5.74) is 8.02. The molecule has 0 saturated heterocycles. The molecule has 0 saturated carbocycles. The van der Waals surface area contributed by atoms with Gasteiger partial charge in [-0.25, -0.2) is 4.79 Å². The maximum atomic E-state index is 12.4. The van der Waals surface area contributed by atoms with Crippen LogP contribution in [-0.2, 0) is 4.79 Å². The van der Waals surface area contributed by atoms with Crippen LogP contribution in [0.3, 0.4) is 0 Å². The van der Waals surface area contributed by atoms with E-state index in [1.807, 2.05) is 44.2 Å². The lowest BCUT2D eigenvalue weighted by Crippen LogP contribution is -2.32. The third-order valence-corrected chi connectivity index (χ3v) is 5.11. The molecule has 8 heteroatoms. The van der Waals surface area contributed by atoms with Crippen LogP contribution in [0.2, 0.25) is 0 Å². The maximum Gasteiger partial charge on any atom is 0.325 e. The van der Waals surface area contributed by atoms with E-state index in [0.29, 0.717) is 11.4 Å². The molecule has 2 amide bonds. The number of aromatic nitrogens is 2. The van der Waals surface area contributed by atoms with E-state index in [-0.39, 0.29) is 29.9 Å². The minimum atomic E-state index is -0.536. The number of urea groups is 1. The standard InChI is InChI=1S/C24H27N5O3/c1-3-16(2)18(25)15-23(30)32-21-12-8-7-11-20(21)26-24(31)27-22-14-13-19(28-29-22)17-9-5-4-6-10-17/h4-14,16,18H,3,15,25H2,1-2H3,(H2,26,27,29,31). The molecule has 32 heavy (non-hydrogen) atoms. The fraction of sp³-hybridized carbons (Fsp3) is 0.250. The van der Waals surface area contributed by atoms with E-state index < -0.39 is 12.0 Å². The third-order valence-electron chi connectivity index (χ3n) is 5.11. The number of hydrogen-bond donors (Lipinski definition) is 3. The summed E-state index contributed by atoms with van der Waals surface area (Å²) in [6.45, 7) is 4.01. The van der Waals surface area contributed by atoms with Gasteiger partial charge in [0.15, 0.2) is 11.6 Å². The highest BCUT2D eigenvalue weighted by Crippen LogP contribution is 2.25. The first-order valence-corrected chi connectivity index (χ1v) is 10.5. The molecule has 0 spiro atoms. The van der Waals surface area contributed by atoms with Crippen molar-refractivity contribution in [2.24, 2.45) is 11.7 Å². The summed E-state index contributed by atoms with van der Waals surface area (Å²) in [4.78, 5) is 24.7. The largest absolute Gasteiger partial charge is 0.424 e. The quantitative estimate of drug-likeness (QED) is 0.356. The Balaban J connectivity index is 1.60. The Morgan fingerprint density at radius 3 is 2.38 bits per heavy atom. The number of ether oxygens (including phenoxy) is 1. The van der Waals surface area contributed by atoms with Gasteiger partial charge in [0.2, 0.25) is 0 Å². The van der Waals surface area contributed by atoms with Crippen LogP contribution >= 0.6 is 0 Å². The molecule has 1 aromatic heterocycles. The van der Waals surface area contributed by atoms with E-state index in [1.165, 1.54) is 0 Å². The lowest BCUT2D eigenvalue weighted by atomic mass is 9.97. The van der Waals surface area contributed by atoms with Gasteiger partial charge in [-0.15, -0.1) is 10.2 Å². The summed E-state index contributed by atoms with van der Waals surface area (Å²) >= 11 is 0. The number of esters is 1. The maximum absolute atomic E-state index is 12.4. The van der Waals surface area contributed by atoms with Crippen LogP contribution < -0.4 is 21.1 Å². The summed E-state index contributed by atoms with van der Waals surface area (Å²) in [6.07, 6.45) is 0.973. The highest BCUT2D eigenvalue weighted by atomic mass is 16.5. The molecule has 3 rings (SSSR count). The van der Waals surface area contributed by atoms with Gasteiger partial charge in [-0.2, -0.15) is 0 Å².